The van der Waals surface area contributed by atoms with E-state index in [9.17, 15) is 4.79 Å². The quantitative estimate of drug-likeness (QED) is 0.676. The molecule has 2 aliphatic rings. The summed E-state index contributed by atoms with van der Waals surface area (Å²) in [5.41, 5.74) is 1.79. The summed E-state index contributed by atoms with van der Waals surface area (Å²) in [5, 5.41) is 8.43. The van der Waals surface area contributed by atoms with Crippen LogP contribution in [-0.2, 0) is 11.2 Å². The van der Waals surface area contributed by atoms with Crippen LogP contribution in [0.4, 0.5) is 0 Å². The number of ether oxygens (including phenoxy) is 2. The van der Waals surface area contributed by atoms with Crippen molar-refractivity contribution in [2.45, 2.75) is 44.7 Å². The van der Waals surface area contributed by atoms with Crippen molar-refractivity contribution < 1.29 is 14.3 Å². The van der Waals surface area contributed by atoms with Gasteiger partial charge in [0.25, 0.3) is 5.91 Å². The molecule has 4 rings (SSSR count). The molecule has 2 saturated heterocycles. The van der Waals surface area contributed by atoms with Crippen LogP contribution in [0.25, 0.3) is 0 Å². The molecule has 1 unspecified atom stereocenters. The number of piperidine rings is 1. The fourth-order valence-electron chi connectivity index (χ4n) is 4.42. The van der Waals surface area contributed by atoms with Crippen LogP contribution in [0.2, 0.25) is 0 Å². The number of aryl methyl sites for hydroxylation is 1. The Kier molecular flexibility index (Phi) is 7.19. The van der Waals surface area contributed by atoms with Gasteiger partial charge in [-0.15, -0.1) is 5.10 Å². The molecule has 0 spiro atoms. The molecule has 1 aromatic carbocycles. The van der Waals surface area contributed by atoms with Crippen molar-refractivity contribution >= 4 is 5.91 Å². The Hall–Kier alpha value is -2.45. The third kappa shape index (κ3) is 5.43. The molecule has 8 nitrogen and oxygen atoms in total. The van der Waals surface area contributed by atoms with Crippen molar-refractivity contribution in [1.82, 2.24) is 24.8 Å². The van der Waals surface area contributed by atoms with Gasteiger partial charge in [0.1, 0.15) is 5.75 Å². The molecule has 0 saturated carbocycles. The van der Waals surface area contributed by atoms with Crippen LogP contribution in [-0.4, -0.2) is 83.2 Å². The molecule has 3 heterocycles. The second kappa shape index (κ2) is 10.2. The summed E-state index contributed by atoms with van der Waals surface area (Å²) in [7, 11) is 1.70. The predicted molar refractivity (Wildman–Crippen MR) is 117 cm³/mol. The normalized spacial score (nSPS) is 19.4. The smallest absolute Gasteiger partial charge is 0.276 e. The number of carbonyl (C=O) groups is 1. The minimum absolute atomic E-state index is 0.0425. The van der Waals surface area contributed by atoms with E-state index in [0.29, 0.717) is 44.1 Å². The number of likely N-dealkylation sites (tertiary alicyclic amines) is 1. The molecule has 1 atom stereocenters. The molecular formula is C23H33N5O3. The van der Waals surface area contributed by atoms with Gasteiger partial charge in [0.15, 0.2) is 5.69 Å². The number of hydrogen-bond donors (Lipinski definition) is 0. The first-order chi connectivity index (χ1) is 15.1. The molecular weight excluding hydrogens is 394 g/mol. The molecule has 2 aromatic rings. The maximum atomic E-state index is 12.6. The minimum atomic E-state index is -0.0425. The van der Waals surface area contributed by atoms with Gasteiger partial charge in [-0.2, -0.15) is 0 Å². The topological polar surface area (TPSA) is 72.7 Å². The summed E-state index contributed by atoms with van der Waals surface area (Å²) < 4.78 is 12.5. The minimum Gasteiger partial charge on any atom is -0.497 e. The third-order valence-electron chi connectivity index (χ3n) is 6.53. The van der Waals surface area contributed by atoms with Gasteiger partial charge < -0.3 is 19.3 Å². The Morgan fingerprint density at radius 1 is 1.16 bits per heavy atom. The van der Waals surface area contributed by atoms with Crippen molar-refractivity contribution in [3.05, 3.63) is 41.7 Å². The first-order valence-corrected chi connectivity index (χ1v) is 11.3. The summed E-state index contributed by atoms with van der Waals surface area (Å²) in [4.78, 5) is 17.0. The number of amides is 1. The Balaban J connectivity index is 1.24. The van der Waals surface area contributed by atoms with Gasteiger partial charge in [0.05, 0.1) is 32.6 Å². The van der Waals surface area contributed by atoms with E-state index in [1.54, 1.807) is 12.0 Å². The summed E-state index contributed by atoms with van der Waals surface area (Å²) in [6.07, 6.45) is 6.09. The van der Waals surface area contributed by atoms with Gasteiger partial charge in [-0.3, -0.25) is 4.79 Å². The summed E-state index contributed by atoms with van der Waals surface area (Å²) in [6.45, 7) is 6.83. The number of rotatable bonds is 7. The molecule has 0 bridgehead atoms. The summed E-state index contributed by atoms with van der Waals surface area (Å²) in [6, 6.07) is 9.21. The highest BCUT2D eigenvalue weighted by Gasteiger charge is 2.26. The van der Waals surface area contributed by atoms with Crippen LogP contribution < -0.4 is 4.74 Å². The van der Waals surface area contributed by atoms with Crippen LogP contribution in [0.3, 0.4) is 0 Å². The number of aromatic nitrogens is 3. The largest absolute Gasteiger partial charge is 0.497 e. The van der Waals surface area contributed by atoms with Crippen molar-refractivity contribution in [3.8, 4) is 5.75 Å². The maximum absolute atomic E-state index is 12.6. The van der Waals surface area contributed by atoms with E-state index >= 15 is 0 Å². The lowest BCUT2D eigenvalue weighted by Crippen LogP contribution is -2.41. The molecule has 0 aliphatic carbocycles. The van der Waals surface area contributed by atoms with Crippen molar-refractivity contribution in [3.63, 3.8) is 0 Å². The number of nitrogens with zero attached hydrogens (tertiary/aromatic N) is 5. The van der Waals surface area contributed by atoms with Crippen LogP contribution in [0.5, 0.6) is 5.75 Å². The lowest BCUT2D eigenvalue weighted by molar-refractivity contribution is 0.0299. The van der Waals surface area contributed by atoms with E-state index in [1.807, 2.05) is 23.0 Å². The van der Waals surface area contributed by atoms with E-state index in [0.717, 1.165) is 44.5 Å². The first kappa shape index (κ1) is 21.8. The van der Waals surface area contributed by atoms with Gasteiger partial charge in [-0.05, 0) is 50.3 Å². The predicted octanol–water partition coefficient (Wildman–Crippen LogP) is 2.42. The standard InChI is InChI=1S/C23H33N5O3/c1-18(3-4-19-5-7-21(30-2)8-6-19)26-11-9-20(10-12-26)28-17-22(24-25-28)23(29)27-13-15-31-16-14-27/h5-8,17-18,20H,3-4,9-16H2,1-2H3. The zero-order valence-electron chi connectivity index (χ0n) is 18.6. The molecule has 1 aromatic heterocycles. The van der Waals surface area contributed by atoms with Gasteiger partial charge >= 0.3 is 0 Å². The second-order valence-electron chi connectivity index (χ2n) is 8.49. The Labute approximate surface area is 184 Å². The fraction of sp³-hybridized carbons (Fsp3) is 0.609. The van der Waals surface area contributed by atoms with Gasteiger partial charge in [0.2, 0.25) is 0 Å². The van der Waals surface area contributed by atoms with Gasteiger partial charge in [0, 0.05) is 32.2 Å². The maximum Gasteiger partial charge on any atom is 0.276 e. The van der Waals surface area contributed by atoms with E-state index < -0.39 is 0 Å². The van der Waals surface area contributed by atoms with E-state index in [-0.39, 0.29) is 5.91 Å². The summed E-state index contributed by atoms with van der Waals surface area (Å²) in [5.74, 6) is 0.862. The first-order valence-electron chi connectivity index (χ1n) is 11.3. The molecule has 0 N–H and O–H groups in total. The van der Waals surface area contributed by atoms with E-state index in [4.69, 9.17) is 9.47 Å². The molecule has 0 radical (unpaired) electrons. The number of carbonyl (C=O) groups excluding carboxylic acids is 1. The molecule has 2 aliphatic heterocycles. The SMILES string of the molecule is COc1ccc(CCC(C)N2CCC(n3cc(C(=O)N4CCOCC4)nn3)CC2)cc1. The monoisotopic (exact) mass is 427 g/mol. The molecule has 8 heteroatoms. The van der Waals surface area contributed by atoms with E-state index in [1.165, 1.54) is 5.56 Å². The van der Waals surface area contributed by atoms with Crippen LogP contribution >= 0.6 is 0 Å². The van der Waals surface area contributed by atoms with Crippen LogP contribution in [0.15, 0.2) is 30.5 Å². The number of morpholine rings is 1. The molecule has 168 valence electrons. The fourth-order valence-corrected chi connectivity index (χ4v) is 4.42. The highest BCUT2D eigenvalue weighted by molar-refractivity contribution is 5.92. The zero-order valence-corrected chi connectivity index (χ0v) is 18.6. The highest BCUT2D eigenvalue weighted by atomic mass is 16.5. The lowest BCUT2D eigenvalue weighted by atomic mass is 10.00. The Morgan fingerprint density at radius 2 is 1.87 bits per heavy atom. The third-order valence-corrected chi connectivity index (χ3v) is 6.53. The number of hydrogen-bond acceptors (Lipinski definition) is 6. The Bertz CT molecular complexity index is 839. The van der Waals surface area contributed by atoms with Crippen molar-refractivity contribution in [2.75, 3.05) is 46.5 Å². The highest BCUT2D eigenvalue weighted by Crippen LogP contribution is 2.24. The van der Waals surface area contributed by atoms with Gasteiger partial charge in [-0.1, -0.05) is 17.3 Å². The zero-order chi connectivity index (χ0) is 21.6. The molecule has 2 fully saturated rings. The second-order valence-corrected chi connectivity index (χ2v) is 8.49. The van der Waals surface area contributed by atoms with Crippen LogP contribution in [0, 0.1) is 0 Å². The van der Waals surface area contributed by atoms with Crippen molar-refractivity contribution in [2.24, 2.45) is 0 Å². The number of methoxy groups -OCH3 is 1. The average molecular weight is 428 g/mol. The van der Waals surface area contributed by atoms with Crippen LogP contribution in [0.1, 0.15) is 48.3 Å². The van der Waals surface area contributed by atoms with E-state index in [2.05, 4.69) is 34.3 Å². The average Bonchev–Trinajstić information content (AvgIpc) is 3.33. The van der Waals surface area contributed by atoms with Crippen molar-refractivity contribution in [1.29, 1.82) is 0 Å². The molecule has 31 heavy (non-hydrogen) atoms. The number of benzene rings is 1. The van der Waals surface area contributed by atoms with Gasteiger partial charge in [-0.25, -0.2) is 4.68 Å². The Morgan fingerprint density at radius 3 is 2.55 bits per heavy atom. The summed E-state index contributed by atoms with van der Waals surface area (Å²) >= 11 is 0. The molecule has 1 amide bonds. The lowest BCUT2D eigenvalue weighted by Gasteiger charge is -2.36.